The molecule has 1 aliphatic rings. The maximum absolute atomic E-state index is 12.7. The summed E-state index contributed by atoms with van der Waals surface area (Å²) in [6, 6.07) is 12.7. The summed E-state index contributed by atoms with van der Waals surface area (Å²) in [6.07, 6.45) is 1.64. The molecule has 0 saturated carbocycles. The molecule has 2 aromatic rings. The average molecular weight is 503 g/mol. The van der Waals surface area contributed by atoms with Crippen LogP contribution in [0.4, 0.5) is 10.5 Å². The molecule has 0 radical (unpaired) electrons. The van der Waals surface area contributed by atoms with Crippen LogP contribution < -0.4 is 10.1 Å². The van der Waals surface area contributed by atoms with Crippen molar-refractivity contribution in [3.8, 4) is 5.75 Å². The normalized spacial score (nSPS) is 15.1. The lowest BCUT2D eigenvalue weighted by Gasteiger charge is -2.12. The fourth-order valence-corrected chi connectivity index (χ4v) is 4.10. The van der Waals surface area contributed by atoms with Gasteiger partial charge in [-0.2, -0.15) is 0 Å². The second kappa shape index (κ2) is 10.2. The fourth-order valence-electron chi connectivity index (χ4n) is 2.75. The number of carbonyl (C=O) groups excluding carboxylic acids is 3. The van der Waals surface area contributed by atoms with Crippen molar-refractivity contribution in [3.63, 3.8) is 0 Å². The second-order valence-electron chi connectivity index (χ2n) is 7.58. The summed E-state index contributed by atoms with van der Waals surface area (Å²) in [5, 5.41) is 2.23. The summed E-state index contributed by atoms with van der Waals surface area (Å²) in [5.74, 6) is 0.209. The number of amides is 3. The number of aryl methyl sites for hydroxylation is 1. The van der Waals surface area contributed by atoms with Crippen LogP contribution in [0.5, 0.6) is 5.75 Å². The van der Waals surface area contributed by atoms with Gasteiger partial charge in [0.25, 0.3) is 11.1 Å². The van der Waals surface area contributed by atoms with Crippen molar-refractivity contribution in [1.82, 2.24) is 4.90 Å². The van der Waals surface area contributed by atoms with E-state index in [1.54, 1.807) is 18.2 Å². The smallest absolute Gasteiger partial charge is 0.294 e. The molecule has 162 valence electrons. The van der Waals surface area contributed by atoms with Gasteiger partial charge >= 0.3 is 0 Å². The van der Waals surface area contributed by atoms with Gasteiger partial charge in [0.05, 0.1) is 16.0 Å². The molecule has 1 saturated heterocycles. The number of hydrogen-bond acceptors (Lipinski definition) is 5. The quantitative estimate of drug-likeness (QED) is 0.508. The van der Waals surface area contributed by atoms with Crippen LogP contribution in [0.1, 0.15) is 25.0 Å². The van der Waals surface area contributed by atoms with Gasteiger partial charge in [0.15, 0.2) is 0 Å². The van der Waals surface area contributed by atoms with Crippen LogP contribution in [0.15, 0.2) is 51.8 Å². The lowest BCUT2D eigenvalue weighted by Crippen LogP contribution is -2.36. The van der Waals surface area contributed by atoms with Gasteiger partial charge in [0, 0.05) is 5.69 Å². The highest BCUT2D eigenvalue weighted by atomic mass is 79.9. The molecule has 0 aromatic heterocycles. The highest BCUT2D eigenvalue weighted by Gasteiger charge is 2.36. The maximum atomic E-state index is 12.7. The van der Waals surface area contributed by atoms with Crippen LogP contribution in [-0.4, -0.2) is 35.1 Å². The predicted octanol–water partition coefficient (Wildman–Crippen LogP) is 5.47. The molecule has 6 nitrogen and oxygen atoms in total. The number of benzene rings is 2. The van der Waals surface area contributed by atoms with Crippen LogP contribution in [-0.2, 0) is 9.59 Å². The summed E-state index contributed by atoms with van der Waals surface area (Å²) < 4.78 is 6.49. The molecule has 2 aromatic carbocycles. The van der Waals surface area contributed by atoms with Crippen molar-refractivity contribution in [2.24, 2.45) is 5.92 Å². The van der Waals surface area contributed by atoms with Crippen molar-refractivity contribution in [2.75, 3.05) is 18.5 Å². The Kier molecular flexibility index (Phi) is 7.56. The molecule has 0 spiro atoms. The Balaban J connectivity index is 1.66. The standard InChI is InChI=1S/C23H23BrN2O4S/c1-14(2)13-30-19-9-6-16(10-18(19)24)11-20-22(28)26(23(29)31-20)12-21(27)25-17-7-4-15(3)5-8-17/h4-11,14H,12-13H2,1-3H3,(H,25,27)/b20-11+. The highest BCUT2D eigenvalue weighted by molar-refractivity contribution is 9.10. The first kappa shape index (κ1) is 23.1. The first-order chi connectivity index (χ1) is 14.7. The highest BCUT2D eigenvalue weighted by Crippen LogP contribution is 2.34. The number of carbonyl (C=O) groups is 3. The molecule has 1 fully saturated rings. The monoisotopic (exact) mass is 502 g/mol. The van der Waals surface area contributed by atoms with Crippen molar-refractivity contribution < 1.29 is 19.1 Å². The molecule has 0 unspecified atom stereocenters. The summed E-state index contributed by atoms with van der Waals surface area (Å²) in [7, 11) is 0. The summed E-state index contributed by atoms with van der Waals surface area (Å²) >= 11 is 4.30. The summed E-state index contributed by atoms with van der Waals surface area (Å²) in [5.41, 5.74) is 2.43. The molecule has 3 amide bonds. The first-order valence-electron chi connectivity index (χ1n) is 9.77. The third kappa shape index (κ3) is 6.21. The number of anilines is 1. The van der Waals surface area contributed by atoms with Crippen molar-refractivity contribution >= 4 is 56.5 Å². The molecule has 3 rings (SSSR count). The van der Waals surface area contributed by atoms with E-state index in [9.17, 15) is 14.4 Å². The van der Waals surface area contributed by atoms with Crippen LogP contribution in [0, 0.1) is 12.8 Å². The number of imide groups is 1. The molecular weight excluding hydrogens is 480 g/mol. The van der Waals surface area contributed by atoms with Crippen LogP contribution >= 0.6 is 27.7 Å². The van der Waals surface area contributed by atoms with Crippen LogP contribution in [0.3, 0.4) is 0 Å². The minimum atomic E-state index is -0.481. The average Bonchev–Trinajstić information content (AvgIpc) is 2.96. The number of nitrogens with one attached hydrogen (secondary N) is 1. The molecule has 31 heavy (non-hydrogen) atoms. The number of rotatable bonds is 7. The number of nitrogens with zero attached hydrogens (tertiary/aromatic N) is 1. The summed E-state index contributed by atoms with van der Waals surface area (Å²) in [4.78, 5) is 38.5. The zero-order chi connectivity index (χ0) is 22.5. The molecular formula is C23H23BrN2O4S. The van der Waals surface area contributed by atoms with Gasteiger partial charge in [0.1, 0.15) is 12.3 Å². The lowest BCUT2D eigenvalue weighted by molar-refractivity contribution is -0.127. The molecule has 1 aliphatic heterocycles. The van der Waals surface area contributed by atoms with E-state index in [0.29, 0.717) is 24.0 Å². The van der Waals surface area contributed by atoms with E-state index in [2.05, 4.69) is 35.1 Å². The Hall–Kier alpha value is -2.58. The SMILES string of the molecule is Cc1ccc(NC(=O)CN2C(=O)S/C(=C/c3ccc(OCC(C)C)c(Br)c3)C2=O)cc1. The molecule has 1 heterocycles. The van der Waals surface area contributed by atoms with Gasteiger partial charge in [-0.3, -0.25) is 19.3 Å². The zero-order valence-electron chi connectivity index (χ0n) is 17.5. The molecule has 8 heteroatoms. The van der Waals surface area contributed by atoms with Crippen LogP contribution in [0.2, 0.25) is 0 Å². The number of thioether (sulfide) groups is 1. The Bertz CT molecular complexity index is 1030. The van der Waals surface area contributed by atoms with E-state index in [1.807, 2.05) is 37.3 Å². The Labute approximate surface area is 194 Å². The van der Waals surface area contributed by atoms with E-state index >= 15 is 0 Å². The fraction of sp³-hybridized carbons (Fsp3) is 0.261. The minimum Gasteiger partial charge on any atom is -0.492 e. The molecule has 0 atom stereocenters. The molecule has 1 N–H and O–H groups in total. The number of ether oxygens (including phenoxy) is 1. The summed E-state index contributed by atoms with van der Waals surface area (Å²) in [6.45, 7) is 6.35. The minimum absolute atomic E-state index is 0.274. The van der Waals surface area contributed by atoms with Crippen molar-refractivity contribution in [1.29, 1.82) is 0 Å². The van der Waals surface area contributed by atoms with Gasteiger partial charge in [-0.05, 0) is 76.4 Å². The Morgan fingerprint density at radius 3 is 2.55 bits per heavy atom. The van der Waals surface area contributed by atoms with Crippen molar-refractivity contribution in [2.45, 2.75) is 20.8 Å². The van der Waals surface area contributed by atoms with Gasteiger partial charge in [-0.25, -0.2) is 0 Å². The second-order valence-corrected chi connectivity index (χ2v) is 9.42. The number of hydrogen-bond donors (Lipinski definition) is 1. The third-order valence-corrected chi connectivity index (χ3v) is 5.86. The van der Waals surface area contributed by atoms with Gasteiger partial charge in [0.2, 0.25) is 5.91 Å². The van der Waals surface area contributed by atoms with E-state index in [-0.39, 0.29) is 11.4 Å². The van der Waals surface area contributed by atoms with E-state index < -0.39 is 17.1 Å². The van der Waals surface area contributed by atoms with E-state index in [0.717, 1.165) is 32.3 Å². The zero-order valence-corrected chi connectivity index (χ0v) is 19.9. The maximum Gasteiger partial charge on any atom is 0.294 e. The van der Waals surface area contributed by atoms with Crippen LogP contribution in [0.25, 0.3) is 6.08 Å². The van der Waals surface area contributed by atoms with Crippen molar-refractivity contribution in [3.05, 3.63) is 63.0 Å². The largest absolute Gasteiger partial charge is 0.492 e. The lowest BCUT2D eigenvalue weighted by atomic mass is 10.2. The van der Waals surface area contributed by atoms with Gasteiger partial charge < -0.3 is 10.1 Å². The Morgan fingerprint density at radius 2 is 1.90 bits per heavy atom. The first-order valence-corrected chi connectivity index (χ1v) is 11.4. The predicted molar refractivity (Wildman–Crippen MR) is 127 cm³/mol. The topological polar surface area (TPSA) is 75.7 Å². The van der Waals surface area contributed by atoms with Gasteiger partial charge in [-0.1, -0.05) is 37.6 Å². The van der Waals surface area contributed by atoms with E-state index in [4.69, 9.17) is 4.74 Å². The number of halogens is 1. The van der Waals surface area contributed by atoms with Gasteiger partial charge in [-0.15, -0.1) is 0 Å². The Morgan fingerprint density at radius 1 is 1.19 bits per heavy atom. The molecule has 0 aliphatic carbocycles. The molecule has 0 bridgehead atoms. The van der Waals surface area contributed by atoms with E-state index in [1.165, 1.54) is 0 Å². The third-order valence-electron chi connectivity index (χ3n) is 4.34.